The molecule has 3 rings (SSSR count). The van der Waals surface area contributed by atoms with Crippen LogP contribution in [0.2, 0.25) is 0 Å². The second kappa shape index (κ2) is 4.17. The molecule has 16 heavy (non-hydrogen) atoms. The van der Waals surface area contributed by atoms with E-state index in [0.717, 1.165) is 23.7 Å². The molecule has 5 unspecified atom stereocenters. The van der Waals surface area contributed by atoms with Crippen LogP contribution >= 0.6 is 11.6 Å². The molecule has 0 heterocycles. The average molecular weight is 243 g/mol. The molecule has 0 radical (unpaired) electrons. The Kier molecular flexibility index (Phi) is 2.96. The molecule has 0 N–H and O–H groups in total. The molecule has 0 amide bonds. The van der Waals surface area contributed by atoms with Crippen LogP contribution in [-0.2, 0) is 4.74 Å². The van der Waals surface area contributed by atoms with E-state index in [2.05, 4.69) is 13.8 Å². The molecule has 0 aromatic rings. The van der Waals surface area contributed by atoms with Gasteiger partial charge in [-0.1, -0.05) is 31.9 Å². The van der Waals surface area contributed by atoms with Crippen molar-refractivity contribution in [1.82, 2.24) is 0 Å². The summed E-state index contributed by atoms with van der Waals surface area (Å²) in [7, 11) is 0. The summed E-state index contributed by atoms with van der Waals surface area (Å²) in [6, 6.07) is 0. The van der Waals surface area contributed by atoms with Crippen molar-refractivity contribution in [3.8, 4) is 0 Å². The first-order chi connectivity index (χ1) is 7.66. The molecule has 3 saturated carbocycles. The van der Waals surface area contributed by atoms with E-state index in [9.17, 15) is 0 Å². The third kappa shape index (κ3) is 1.71. The molecule has 0 aromatic carbocycles. The van der Waals surface area contributed by atoms with Gasteiger partial charge in [0.25, 0.3) is 0 Å². The Labute approximate surface area is 104 Å². The van der Waals surface area contributed by atoms with Gasteiger partial charge in [0.1, 0.15) is 5.56 Å². The normalized spacial score (nSPS) is 47.6. The first kappa shape index (κ1) is 11.3. The molecule has 3 aliphatic carbocycles. The van der Waals surface area contributed by atoms with Crippen LogP contribution in [0.1, 0.15) is 46.0 Å². The lowest BCUT2D eigenvalue weighted by molar-refractivity contribution is -0.0404. The smallest absolute Gasteiger partial charge is 0.133 e. The highest BCUT2D eigenvalue weighted by atomic mass is 35.5. The fourth-order valence-corrected chi connectivity index (χ4v) is 4.62. The molecule has 0 spiro atoms. The van der Waals surface area contributed by atoms with Crippen molar-refractivity contribution < 1.29 is 4.74 Å². The van der Waals surface area contributed by atoms with Crippen LogP contribution in [0, 0.1) is 29.6 Å². The van der Waals surface area contributed by atoms with Gasteiger partial charge in [0.05, 0.1) is 6.10 Å². The van der Waals surface area contributed by atoms with Crippen molar-refractivity contribution in [2.24, 2.45) is 29.6 Å². The summed E-state index contributed by atoms with van der Waals surface area (Å²) < 4.78 is 6.08. The number of rotatable bonds is 3. The zero-order valence-electron chi connectivity index (χ0n) is 10.4. The zero-order chi connectivity index (χ0) is 11.3. The summed E-state index contributed by atoms with van der Waals surface area (Å²) in [6.45, 7) is 4.28. The average Bonchev–Trinajstić information content (AvgIpc) is 2.87. The molecular formula is C14H23ClO. The van der Waals surface area contributed by atoms with Gasteiger partial charge < -0.3 is 4.74 Å². The van der Waals surface area contributed by atoms with E-state index in [4.69, 9.17) is 16.3 Å². The van der Waals surface area contributed by atoms with Crippen LogP contribution in [0.25, 0.3) is 0 Å². The SMILES string of the molecule is CC(C)C(Cl)OC1CC2CC1C1CCC[C@H]21. The number of hydrogen-bond donors (Lipinski definition) is 0. The summed E-state index contributed by atoms with van der Waals surface area (Å²) in [4.78, 5) is 0. The van der Waals surface area contributed by atoms with Crippen molar-refractivity contribution in [2.45, 2.75) is 57.6 Å². The van der Waals surface area contributed by atoms with E-state index in [-0.39, 0.29) is 5.56 Å². The molecule has 2 bridgehead atoms. The van der Waals surface area contributed by atoms with Crippen molar-refractivity contribution in [1.29, 1.82) is 0 Å². The third-order valence-electron chi connectivity index (χ3n) is 5.20. The topological polar surface area (TPSA) is 9.23 Å². The van der Waals surface area contributed by atoms with E-state index >= 15 is 0 Å². The number of fused-ring (bicyclic) bond motifs is 5. The molecule has 0 saturated heterocycles. The van der Waals surface area contributed by atoms with Crippen molar-refractivity contribution in [3.05, 3.63) is 0 Å². The van der Waals surface area contributed by atoms with Crippen LogP contribution in [0.15, 0.2) is 0 Å². The Hall–Kier alpha value is 0.250. The number of hydrogen-bond acceptors (Lipinski definition) is 1. The minimum atomic E-state index is -0.0794. The Morgan fingerprint density at radius 2 is 1.81 bits per heavy atom. The molecule has 1 nitrogen and oxygen atoms in total. The first-order valence-electron chi connectivity index (χ1n) is 6.96. The maximum absolute atomic E-state index is 6.25. The molecule has 0 aliphatic heterocycles. The van der Waals surface area contributed by atoms with Gasteiger partial charge >= 0.3 is 0 Å². The number of alkyl halides is 1. The second-order valence-corrected chi connectivity index (χ2v) is 6.85. The Morgan fingerprint density at radius 3 is 2.56 bits per heavy atom. The monoisotopic (exact) mass is 242 g/mol. The van der Waals surface area contributed by atoms with Gasteiger partial charge in [-0.2, -0.15) is 0 Å². The highest BCUT2D eigenvalue weighted by molar-refractivity contribution is 6.19. The molecule has 3 fully saturated rings. The van der Waals surface area contributed by atoms with Gasteiger partial charge in [0.15, 0.2) is 0 Å². The van der Waals surface area contributed by atoms with Gasteiger partial charge in [0.2, 0.25) is 0 Å². The number of halogens is 1. The molecule has 2 heteroatoms. The molecular weight excluding hydrogens is 220 g/mol. The van der Waals surface area contributed by atoms with E-state index in [1.807, 2.05) is 0 Å². The van der Waals surface area contributed by atoms with Gasteiger partial charge in [-0.25, -0.2) is 0 Å². The van der Waals surface area contributed by atoms with Crippen molar-refractivity contribution in [3.63, 3.8) is 0 Å². The van der Waals surface area contributed by atoms with Crippen LogP contribution in [0.3, 0.4) is 0 Å². The van der Waals surface area contributed by atoms with E-state index in [1.165, 1.54) is 32.1 Å². The van der Waals surface area contributed by atoms with Gasteiger partial charge in [0, 0.05) is 0 Å². The summed E-state index contributed by atoms with van der Waals surface area (Å²) in [5.74, 6) is 4.29. The minimum absolute atomic E-state index is 0.0794. The summed E-state index contributed by atoms with van der Waals surface area (Å²) in [6.07, 6.45) is 7.62. The molecule has 3 aliphatic rings. The molecule has 92 valence electrons. The fraction of sp³-hybridized carbons (Fsp3) is 1.00. The Morgan fingerprint density at radius 1 is 1.06 bits per heavy atom. The van der Waals surface area contributed by atoms with Crippen LogP contribution < -0.4 is 0 Å². The van der Waals surface area contributed by atoms with Crippen molar-refractivity contribution >= 4 is 11.6 Å². The summed E-state index contributed by atoms with van der Waals surface area (Å²) in [5.41, 5.74) is -0.0794. The standard InChI is InChI=1S/C14H23ClO/c1-8(2)14(15)16-13-7-9-6-12(13)11-5-3-4-10(9)11/h8-14H,3-7H2,1-2H3/t9?,10-,11?,12?,13?,14?/m1/s1. The molecule has 6 atom stereocenters. The van der Waals surface area contributed by atoms with E-state index < -0.39 is 0 Å². The Balaban J connectivity index is 1.63. The second-order valence-electron chi connectivity index (χ2n) is 6.42. The number of ether oxygens (including phenoxy) is 1. The van der Waals surface area contributed by atoms with Crippen LogP contribution in [0.5, 0.6) is 0 Å². The highest BCUT2D eigenvalue weighted by Crippen LogP contribution is 2.59. The predicted octanol–water partition coefficient (Wildman–Crippen LogP) is 4.05. The van der Waals surface area contributed by atoms with E-state index in [1.54, 1.807) is 0 Å². The molecule has 0 aromatic heterocycles. The summed E-state index contributed by atoms with van der Waals surface area (Å²) in [5, 5.41) is 0. The lowest BCUT2D eigenvalue weighted by Gasteiger charge is -2.33. The lowest BCUT2D eigenvalue weighted by Crippen LogP contribution is -2.33. The minimum Gasteiger partial charge on any atom is -0.359 e. The fourth-order valence-electron chi connectivity index (χ4n) is 4.49. The maximum Gasteiger partial charge on any atom is 0.133 e. The van der Waals surface area contributed by atoms with Gasteiger partial charge in [-0.05, 0) is 55.3 Å². The zero-order valence-corrected chi connectivity index (χ0v) is 11.1. The van der Waals surface area contributed by atoms with Gasteiger partial charge in [-0.3, -0.25) is 0 Å². The Bertz CT molecular complexity index is 265. The highest BCUT2D eigenvalue weighted by Gasteiger charge is 2.54. The summed E-state index contributed by atoms with van der Waals surface area (Å²) >= 11 is 6.25. The van der Waals surface area contributed by atoms with Gasteiger partial charge in [-0.15, -0.1) is 0 Å². The van der Waals surface area contributed by atoms with Crippen molar-refractivity contribution in [2.75, 3.05) is 0 Å². The first-order valence-corrected chi connectivity index (χ1v) is 7.40. The largest absolute Gasteiger partial charge is 0.359 e. The van der Waals surface area contributed by atoms with Crippen LogP contribution in [-0.4, -0.2) is 11.7 Å². The lowest BCUT2D eigenvalue weighted by atomic mass is 9.80. The van der Waals surface area contributed by atoms with E-state index in [0.29, 0.717) is 12.0 Å². The third-order valence-corrected chi connectivity index (χ3v) is 5.80. The van der Waals surface area contributed by atoms with Crippen LogP contribution in [0.4, 0.5) is 0 Å². The quantitative estimate of drug-likeness (QED) is 0.679. The predicted molar refractivity (Wildman–Crippen MR) is 66.4 cm³/mol. The maximum atomic E-state index is 6.25.